The number of rotatable bonds is 10. The zero-order chi connectivity index (χ0) is 29.5. The second-order valence-electron chi connectivity index (χ2n) is 9.88. The van der Waals surface area contributed by atoms with Crippen LogP contribution in [0.25, 0.3) is 33.3 Å². The van der Waals surface area contributed by atoms with E-state index in [4.69, 9.17) is 8.83 Å². The summed E-state index contributed by atoms with van der Waals surface area (Å²) >= 11 is 0. The van der Waals surface area contributed by atoms with Crippen molar-refractivity contribution >= 4 is 39.4 Å². The number of amides is 2. The molecule has 0 radical (unpaired) electrons. The number of hydrogen-bond acceptors (Lipinski definition) is 6. The molecule has 0 bridgehead atoms. The number of anilines is 1. The van der Waals surface area contributed by atoms with Crippen molar-refractivity contribution in [1.82, 2.24) is 10.2 Å². The van der Waals surface area contributed by atoms with Gasteiger partial charge in [-0.05, 0) is 61.9 Å². The van der Waals surface area contributed by atoms with Crippen LogP contribution in [0.4, 0.5) is 5.69 Å². The molecule has 0 spiro atoms. The zero-order valence-corrected chi connectivity index (χ0v) is 23.7. The fourth-order valence-electron chi connectivity index (χ4n) is 4.67. The summed E-state index contributed by atoms with van der Waals surface area (Å²) in [4.78, 5) is 40.4. The number of nitrogens with zero attached hydrogens (tertiary/aromatic N) is 1. The van der Waals surface area contributed by atoms with E-state index in [9.17, 15) is 14.4 Å². The lowest BCUT2D eigenvalue weighted by Gasteiger charge is -2.21. The third-order valence-electron chi connectivity index (χ3n) is 6.94. The number of carbonyl (C=O) groups is 2. The molecule has 0 atom stereocenters. The number of fused-ring (bicyclic) bond motifs is 2. The van der Waals surface area contributed by atoms with Gasteiger partial charge in [-0.1, -0.05) is 43.4 Å². The summed E-state index contributed by atoms with van der Waals surface area (Å²) in [5.74, 6) is -0.00940. The van der Waals surface area contributed by atoms with Crippen LogP contribution in [0.1, 0.15) is 30.6 Å². The molecule has 0 aliphatic heterocycles. The van der Waals surface area contributed by atoms with Gasteiger partial charge >= 0.3 is 5.63 Å². The predicted molar refractivity (Wildman–Crippen MR) is 167 cm³/mol. The number of nitrogens with one attached hydrogen (secondary N) is 2. The van der Waals surface area contributed by atoms with Crippen LogP contribution in [0, 0.1) is 0 Å². The van der Waals surface area contributed by atoms with Crippen molar-refractivity contribution in [2.24, 2.45) is 0 Å². The van der Waals surface area contributed by atoms with Crippen LogP contribution >= 0.6 is 0 Å². The molecule has 8 heteroatoms. The highest BCUT2D eigenvalue weighted by Gasteiger charge is 2.18. The number of carbonyl (C=O) groups excluding carboxylic acids is 2. The summed E-state index contributed by atoms with van der Waals surface area (Å²) in [6.45, 7) is 5.94. The second kappa shape index (κ2) is 13.0. The maximum Gasteiger partial charge on any atom is 0.347 e. The average molecular weight is 564 g/mol. The summed E-state index contributed by atoms with van der Waals surface area (Å²) in [5.41, 5.74) is 2.69. The first-order valence-electron chi connectivity index (χ1n) is 14.1. The minimum absolute atomic E-state index is 0.178. The first-order chi connectivity index (χ1) is 20.5. The fraction of sp³-hybridized carbons (Fsp3) is 0.206. The van der Waals surface area contributed by atoms with Crippen LogP contribution in [0.3, 0.4) is 0 Å². The van der Waals surface area contributed by atoms with Gasteiger partial charge in [0.25, 0.3) is 11.8 Å². The van der Waals surface area contributed by atoms with Gasteiger partial charge in [-0.2, -0.15) is 0 Å². The van der Waals surface area contributed by atoms with E-state index in [-0.39, 0.29) is 11.8 Å². The SMILES string of the molecule is CCCNc1ccc2cc(-c3cc4ccc(C(=O)N(CC)CCNC(=O)C5=C/C=C\C=C/C=C5)cc4o3)c(=O)oc2c1. The molecule has 2 aromatic carbocycles. The van der Waals surface area contributed by atoms with Crippen molar-refractivity contribution in [1.29, 1.82) is 0 Å². The summed E-state index contributed by atoms with van der Waals surface area (Å²) in [5, 5.41) is 7.72. The highest BCUT2D eigenvalue weighted by molar-refractivity contribution is 5.99. The quantitative estimate of drug-likeness (QED) is 0.222. The lowest BCUT2D eigenvalue weighted by Crippen LogP contribution is -2.38. The van der Waals surface area contributed by atoms with Gasteiger partial charge < -0.3 is 24.4 Å². The van der Waals surface area contributed by atoms with Crippen LogP contribution in [-0.2, 0) is 4.79 Å². The largest absolute Gasteiger partial charge is 0.456 e. The standard InChI is InChI=1S/C34H33N3O5/c1-3-16-35-27-15-14-24-19-28(34(40)42-30(24)22-27)31-20-25-12-13-26(21-29(25)41-31)33(39)37(4-2)18-17-36-32(38)23-10-8-6-5-7-9-11-23/h5-15,19-22,35H,3-4,16-18H2,1-2H3,(H,36,38)/b6-5-,7-5?,8-6?,9-7-,10-8?,11-9?,23-10?,23-11?. The Labute approximate surface area is 243 Å². The monoisotopic (exact) mass is 563 g/mol. The first kappa shape index (κ1) is 28.4. The van der Waals surface area contributed by atoms with E-state index >= 15 is 0 Å². The van der Waals surface area contributed by atoms with Gasteiger partial charge in [0, 0.05) is 59.8 Å². The van der Waals surface area contributed by atoms with Crippen LogP contribution in [-0.4, -0.2) is 42.9 Å². The molecular formula is C34H33N3O5. The van der Waals surface area contributed by atoms with E-state index in [1.807, 2.05) is 43.4 Å². The third-order valence-corrected chi connectivity index (χ3v) is 6.94. The number of allylic oxidation sites excluding steroid dienone is 6. The molecule has 1 aliphatic carbocycles. The topological polar surface area (TPSA) is 105 Å². The van der Waals surface area contributed by atoms with E-state index < -0.39 is 5.63 Å². The van der Waals surface area contributed by atoms with Gasteiger partial charge in [-0.3, -0.25) is 9.59 Å². The Hall–Kier alpha value is -5.11. The van der Waals surface area contributed by atoms with Crippen molar-refractivity contribution in [2.45, 2.75) is 20.3 Å². The zero-order valence-electron chi connectivity index (χ0n) is 23.7. The molecule has 1 aliphatic rings. The molecule has 4 aromatic rings. The molecule has 2 N–H and O–H groups in total. The highest BCUT2D eigenvalue weighted by atomic mass is 16.4. The first-order valence-corrected chi connectivity index (χ1v) is 14.1. The van der Waals surface area contributed by atoms with Crippen LogP contribution in [0.2, 0.25) is 0 Å². The van der Waals surface area contributed by atoms with E-state index in [0.717, 1.165) is 29.4 Å². The predicted octanol–water partition coefficient (Wildman–Crippen LogP) is 6.22. The molecule has 0 fully saturated rings. The minimum Gasteiger partial charge on any atom is -0.456 e. The molecule has 2 amide bonds. The Kier molecular flexibility index (Phi) is 8.82. The third kappa shape index (κ3) is 6.44. The molecule has 0 saturated heterocycles. The van der Waals surface area contributed by atoms with Crippen molar-refractivity contribution in [3.05, 3.63) is 113 Å². The van der Waals surface area contributed by atoms with Gasteiger partial charge in [0.15, 0.2) is 0 Å². The molecule has 5 rings (SSSR count). The van der Waals surface area contributed by atoms with Crippen LogP contribution in [0.5, 0.6) is 0 Å². The summed E-state index contributed by atoms with van der Waals surface area (Å²) in [6, 6.07) is 14.4. The lowest BCUT2D eigenvalue weighted by atomic mass is 10.1. The molecule has 8 nitrogen and oxygen atoms in total. The maximum atomic E-state index is 13.3. The van der Waals surface area contributed by atoms with E-state index in [2.05, 4.69) is 17.6 Å². The molecular weight excluding hydrogens is 530 g/mol. The molecule has 2 aromatic heterocycles. The maximum absolute atomic E-state index is 13.3. The number of likely N-dealkylation sites (N-methyl/N-ethyl adjacent to an activating group) is 1. The second-order valence-corrected chi connectivity index (χ2v) is 9.88. The van der Waals surface area contributed by atoms with Crippen molar-refractivity contribution in [3.8, 4) is 11.3 Å². The molecule has 214 valence electrons. The molecule has 2 heterocycles. The van der Waals surface area contributed by atoms with Crippen molar-refractivity contribution in [2.75, 3.05) is 31.5 Å². The number of benzene rings is 2. The minimum atomic E-state index is -0.497. The fourth-order valence-corrected chi connectivity index (χ4v) is 4.67. The van der Waals surface area contributed by atoms with E-state index in [1.54, 1.807) is 59.5 Å². The van der Waals surface area contributed by atoms with Crippen molar-refractivity contribution in [3.63, 3.8) is 0 Å². The van der Waals surface area contributed by atoms with E-state index in [1.165, 1.54) is 0 Å². The van der Waals surface area contributed by atoms with Gasteiger partial charge in [0.05, 0.1) is 0 Å². The Morgan fingerprint density at radius 3 is 2.43 bits per heavy atom. The van der Waals surface area contributed by atoms with Crippen molar-refractivity contribution < 1.29 is 18.4 Å². The van der Waals surface area contributed by atoms with Gasteiger partial charge in [-0.15, -0.1) is 0 Å². The molecule has 0 unspecified atom stereocenters. The lowest BCUT2D eigenvalue weighted by molar-refractivity contribution is -0.117. The van der Waals surface area contributed by atoms with Gasteiger partial charge in [0.1, 0.15) is 22.5 Å². The van der Waals surface area contributed by atoms with Crippen LogP contribution < -0.4 is 16.3 Å². The highest BCUT2D eigenvalue weighted by Crippen LogP contribution is 2.29. The summed E-state index contributed by atoms with van der Waals surface area (Å²) < 4.78 is 11.7. The normalized spacial score (nSPS) is 14.2. The Balaban J connectivity index is 1.29. The summed E-state index contributed by atoms with van der Waals surface area (Å²) in [7, 11) is 0. The smallest absolute Gasteiger partial charge is 0.347 e. The van der Waals surface area contributed by atoms with Crippen LogP contribution in [0.15, 0.2) is 110 Å². The Morgan fingerprint density at radius 1 is 0.833 bits per heavy atom. The van der Waals surface area contributed by atoms with Gasteiger partial charge in [-0.25, -0.2) is 4.79 Å². The van der Waals surface area contributed by atoms with Gasteiger partial charge in [0.2, 0.25) is 0 Å². The molecule has 42 heavy (non-hydrogen) atoms. The molecule has 0 saturated carbocycles. The average Bonchev–Trinajstić information content (AvgIpc) is 3.40. The number of hydrogen-bond donors (Lipinski definition) is 2. The Bertz CT molecular complexity index is 1810. The van der Waals surface area contributed by atoms with E-state index in [0.29, 0.717) is 53.3 Å². The Morgan fingerprint density at radius 2 is 1.60 bits per heavy atom. The summed E-state index contributed by atoms with van der Waals surface area (Å²) in [6.07, 6.45) is 13.7. The number of furan rings is 1.